The summed E-state index contributed by atoms with van der Waals surface area (Å²) in [5.74, 6) is 0.584. The van der Waals surface area contributed by atoms with Gasteiger partial charge in [-0.2, -0.15) is 0 Å². The number of anilines is 1. The Kier molecular flexibility index (Phi) is 3.78. The van der Waals surface area contributed by atoms with Crippen LogP contribution in [-0.2, 0) is 0 Å². The van der Waals surface area contributed by atoms with E-state index in [0.29, 0.717) is 11.5 Å². The molecule has 1 aliphatic heterocycles. The molecular weight excluding hydrogens is 203 g/mol. The van der Waals surface area contributed by atoms with Crippen molar-refractivity contribution >= 4 is 5.69 Å². The van der Waals surface area contributed by atoms with Gasteiger partial charge in [0.1, 0.15) is 5.82 Å². The summed E-state index contributed by atoms with van der Waals surface area (Å²) in [6.45, 7) is 4.94. The molecule has 16 heavy (non-hydrogen) atoms. The molecule has 1 heterocycles. The predicted molar refractivity (Wildman–Crippen MR) is 65.2 cm³/mol. The average Bonchev–Trinajstić information content (AvgIpc) is 2.32. The Morgan fingerprint density at radius 3 is 2.81 bits per heavy atom. The van der Waals surface area contributed by atoms with Crippen LogP contribution >= 0.6 is 0 Å². The first kappa shape index (κ1) is 11.4. The maximum atomic E-state index is 13.3. The molecule has 2 rings (SSSR count). The fourth-order valence-electron chi connectivity index (χ4n) is 2.05. The highest BCUT2D eigenvalue weighted by Crippen LogP contribution is 2.16. The first-order chi connectivity index (χ1) is 7.75. The topological polar surface area (TPSA) is 24.1 Å². The Morgan fingerprint density at radius 2 is 2.12 bits per heavy atom. The van der Waals surface area contributed by atoms with Crippen LogP contribution in [0.1, 0.15) is 18.4 Å². The summed E-state index contributed by atoms with van der Waals surface area (Å²) in [6.07, 6.45) is 2.42. The van der Waals surface area contributed by atoms with Gasteiger partial charge in [0.15, 0.2) is 0 Å². The highest BCUT2D eigenvalue weighted by atomic mass is 19.1. The number of hydrogen-bond donors (Lipinski definition) is 2. The normalized spacial score (nSPS) is 17.4. The van der Waals surface area contributed by atoms with Gasteiger partial charge in [0, 0.05) is 12.2 Å². The molecule has 3 heteroatoms. The second kappa shape index (κ2) is 5.30. The molecule has 2 nitrogen and oxygen atoms in total. The molecule has 1 fully saturated rings. The molecule has 0 saturated carbocycles. The lowest BCUT2D eigenvalue weighted by atomic mass is 9.98. The number of aryl methyl sites for hydroxylation is 1. The number of halogens is 1. The van der Waals surface area contributed by atoms with Crippen molar-refractivity contribution in [2.24, 2.45) is 5.92 Å². The summed E-state index contributed by atoms with van der Waals surface area (Å²) >= 11 is 0. The van der Waals surface area contributed by atoms with Crippen LogP contribution in [0.3, 0.4) is 0 Å². The Hall–Kier alpha value is -1.09. The van der Waals surface area contributed by atoms with E-state index >= 15 is 0 Å². The number of piperidine rings is 1. The van der Waals surface area contributed by atoms with Crippen LogP contribution in [0.5, 0.6) is 0 Å². The summed E-state index contributed by atoms with van der Waals surface area (Å²) in [4.78, 5) is 0. The summed E-state index contributed by atoms with van der Waals surface area (Å²) in [7, 11) is 0. The maximum absolute atomic E-state index is 13.3. The quantitative estimate of drug-likeness (QED) is 0.821. The molecule has 0 bridgehead atoms. The summed E-state index contributed by atoms with van der Waals surface area (Å²) in [5, 5.41) is 6.66. The van der Waals surface area contributed by atoms with Gasteiger partial charge in [0.2, 0.25) is 0 Å². The van der Waals surface area contributed by atoms with E-state index < -0.39 is 0 Å². The number of hydrogen-bond acceptors (Lipinski definition) is 2. The van der Waals surface area contributed by atoms with Gasteiger partial charge in [-0.15, -0.1) is 0 Å². The largest absolute Gasteiger partial charge is 0.385 e. The van der Waals surface area contributed by atoms with Crippen LogP contribution in [-0.4, -0.2) is 19.6 Å². The van der Waals surface area contributed by atoms with Gasteiger partial charge in [-0.05, 0) is 56.5 Å². The molecule has 2 N–H and O–H groups in total. The second-order valence-corrected chi connectivity index (χ2v) is 4.54. The lowest BCUT2D eigenvalue weighted by molar-refractivity contribution is 0.390. The number of rotatable bonds is 3. The lowest BCUT2D eigenvalue weighted by Gasteiger charge is -2.23. The van der Waals surface area contributed by atoms with Crippen molar-refractivity contribution in [2.45, 2.75) is 19.8 Å². The van der Waals surface area contributed by atoms with Crippen LogP contribution < -0.4 is 10.6 Å². The lowest BCUT2D eigenvalue weighted by Crippen LogP contribution is -2.31. The minimum absolute atomic E-state index is 0.129. The maximum Gasteiger partial charge on any atom is 0.128 e. The molecule has 1 aliphatic rings. The zero-order valence-electron chi connectivity index (χ0n) is 9.72. The van der Waals surface area contributed by atoms with E-state index in [1.165, 1.54) is 12.8 Å². The first-order valence-electron chi connectivity index (χ1n) is 5.96. The van der Waals surface area contributed by atoms with E-state index in [9.17, 15) is 4.39 Å². The third-order valence-corrected chi connectivity index (χ3v) is 3.23. The average molecular weight is 222 g/mol. The predicted octanol–water partition coefficient (Wildman–Crippen LogP) is 2.55. The molecule has 0 radical (unpaired) electrons. The van der Waals surface area contributed by atoms with Crippen LogP contribution in [0.15, 0.2) is 18.2 Å². The van der Waals surface area contributed by atoms with Crippen molar-refractivity contribution in [1.29, 1.82) is 0 Å². The summed E-state index contributed by atoms with van der Waals surface area (Å²) in [6, 6.07) is 5.34. The SMILES string of the molecule is Cc1ccc(NCC2CCNCC2)cc1F. The molecular formula is C13H19FN2. The highest BCUT2D eigenvalue weighted by molar-refractivity contribution is 5.45. The van der Waals surface area contributed by atoms with Crippen molar-refractivity contribution in [3.63, 3.8) is 0 Å². The van der Waals surface area contributed by atoms with Gasteiger partial charge >= 0.3 is 0 Å². The van der Waals surface area contributed by atoms with Gasteiger partial charge in [0.05, 0.1) is 0 Å². The summed E-state index contributed by atoms with van der Waals surface area (Å²) in [5.41, 5.74) is 1.59. The minimum atomic E-state index is -0.129. The molecule has 88 valence electrons. The second-order valence-electron chi connectivity index (χ2n) is 4.54. The standard InChI is InChI=1S/C13H19FN2/c1-10-2-3-12(8-13(10)14)16-9-11-4-6-15-7-5-11/h2-3,8,11,15-16H,4-7,9H2,1H3. The molecule has 0 spiro atoms. The molecule has 0 aromatic heterocycles. The zero-order chi connectivity index (χ0) is 11.4. The van der Waals surface area contributed by atoms with E-state index in [2.05, 4.69) is 10.6 Å². The smallest absolute Gasteiger partial charge is 0.128 e. The van der Waals surface area contributed by atoms with Crippen LogP contribution in [0.2, 0.25) is 0 Å². The molecule has 0 unspecified atom stereocenters. The van der Waals surface area contributed by atoms with Gasteiger partial charge < -0.3 is 10.6 Å². The van der Waals surface area contributed by atoms with Gasteiger partial charge in [-0.25, -0.2) is 4.39 Å². The van der Waals surface area contributed by atoms with Gasteiger partial charge in [-0.1, -0.05) is 6.07 Å². The molecule has 0 atom stereocenters. The van der Waals surface area contributed by atoms with Crippen LogP contribution in [0.4, 0.5) is 10.1 Å². The Balaban J connectivity index is 1.86. The number of benzene rings is 1. The van der Waals surface area contributed by atoms with E-state index in [1.54, 1.807) is 13.0 Å². The summed E-state index contributed by atoms with van der Waals surface area (Å²) < 4.78 is 13.3. The molecule has 1 aromatic rings. The monoisotopic (exact) mass is 222 g/mol. The van der Waals surface area contributed by atoms with Crippen molar-refractivity contribution < 1.29 is 4.39 Å². The van der Waals surface area contributed by atoms with Crippen LogP contribution in [0, 0.1) is 18.7 Å². The number of nitrogens with one attached hydrogen (secondary N) is 2. The zero-order valence-corrected chi connectivity index (χ0v) is 9.72. The van der Waals surface area contributed by atoms with Crippen LogP contribution in [0.25, 0.3) is 0 Å². The third kappa shape index (κ3) is 2.95. The van der Waals surface area contributed by atoms with Gasteiger partial charge in [0.25, 0.3) is 0 Å². The van der Waals surface area contributed by atoms with Crippen molar-refractivity contribution in [2.75, 3.05) is 25.0 Å². The van der Waals surface area contributed by atoms with Crippen molar-refractivity contribution in [3.8, 4) is 0 Å². The Bertz CT molecular complexity index is 346. The fourth-order valence-corrected chi connectivity index (χ4v) is 2.05. The molecule has 0 aliphatic carbocycles. The minimum Gasteiger partial charge on any atom is -0.385 e. The van der Waals surface area contributed by atoms with Crippen molar-refractivity contribution in [1.82, 2.24) is 5.32 Å². The molecule has 0 amide bonds. The van der Waals surface area contributed by atoms with E-state index in [-0.39, 0.29) is 5.82 Å². The third-order valence-electron chi connectivity index (χ3n) is 3.23. The Morgan fingerprint density at radius 1 is 1.38 bits per heavy atom. The Labute approximate surface area is 96.2 Å². The highest BCUT2D eigenvalue weighted by Gasteiger charge is 2.12. The van der Waals surface area contributed by atoms with Gasteiger partial charge in [-0.3, -0.25) is 0 Å². The first-order valence-corrected chi connectivity index (χ1v) is 5.96. The fraction of sp³-hybridized carbons (Fsp3) is 0.538. The van der Waals surface area contributed by atoms with E-state index in [0.717, 1.165) is 25.3 Å². The van der Waals surface area contributed by atoms with E-state index in [1.807, 2.05) is 12.1 Å². The molecule has 1 saturated heterocycles. The van der Waals surface area contributed by atoms with Crippen molar-refractivity contribution in [3.05, 3.63) is 29.6 Å². The molecule has 1 aromatic carbocycles. The van der Waals surface area contributed by atoms with E-state index in [4.69, 9.17) is 0 Å².